The van der Waals surface area contributed by atoms with Crippen LogP contribution < -0.4 is 11.1 Å². The minimum Gasteiger partial charge on any atom is -0.366 e. The average molecular weight is 355 g/mol. The molecule has 0 saturated carbocycles. The second kappa shape index (κ2) is 8.10. The van der Waals surface area contributed by atoms with Crippen molar-refractivity contribution in [3.8, 4) is 0 Å². The van der Waals surface area contributed by atoms with Gasteiger partial charge in [0.25, 0.3) is 5.91 Å². The summed E-state index contributed by atoms with van der Waals surface area (Å²) >= 11 is 0. The van der Waals surface area contributed by atoms with E-state index in [1.807, 2.05) is 0 Å². The summed E-state index contributed by atoms with van der Waals surface area (Å²) in [6.45, 7) is 2.21. The van der Waals surface area contributed by atoms with E-state index in [-0.39, 0.29) is 17.6 Å². The Balaban J connectivity index is 1.63. The molecule has 136 valence electrons. The molecule has 0 aliphatic carbocycles. The molecule has 1 saturated heterocycles. The highest BCUT2D eigenvalue weighted by molar-refractivity contribution is 6.03. The molecule has 0 bridgehead atoms. The van der Waals surface area contributed by atoms with Gasteiger partial charge in [-0.25, -0.2) is 4.39 Å². The van der Waals surface area contributed by atoms with Crippen LogP contribution >= 0.6 is 0 Å². The fourth-order valence-corrected chi connectivity index (χ4v) is 3.30. The van der Waals surface area contributed by atoms with Crippen LogP contribution in [0.2, 0.25) is 0 Å². The molecule has 2 amide bonds. The van der Waals surface area contributed by atoms with Gasteiger partial charge in [0.1, 0.15) is 5.82 Å². The number of hydrogen-bond acceptors (Lipinski definition) is 3. The van der Waals surface area contributed by atoms with Crippen LogP contribution in [0, 0.1) is 11.7 Å². The van der Waals surface area contributed by atoms with Crippen LogP contribution in [0.3, 0.4) is 0 Å². The maximum atomic E-state index is 13.0. The van der Waals surface area contributed by atoms with E-state index in [9.17, 15) is 14.0 Å². The lowest BCUT2D eigenvalue weighted by Gasteiger charge is -2.32. The summed E-state index contributed by atoms with van der Waals surface area (Å²) < 4.78 is 13.0. The zero-order chi connectivity index (χ0) is 18.5. The van der Waals surface area contributed by atoms with Crippen molar-refractivity contribution in [1.82, 2.24) is 4.90 Å². The number of carbonyl (C=O) groups is 2. The molecule has 5 nitrogen and oxygen atoms in total. The van der Waals surface area contributed by atoms with Crippen LogP contribution in [0.4, 0.5) is 10.1 Å². The van der Waals surface area contributed by atoms with Gasteiger partial charge < -0.3 is 11.1 Å². The van der Waals surface area contributed by atoms with Gasteiger partial charge in [-0.05, 0) is 49.2 Å². The average Bonchev–Trinajstić information content (AvgIpc) is 2.64. The number of piperidine rings is 1. The maximum absolute atomic E-state index is 13.0. The molecule has 0 unspecified atom stereocenters. The van der Waals surface area contributed by atoms with Crippen LogP contribution in [-0.4, -0.2) is 29.8 Å². The number of nitrogens with zero attached hydrogens (tertiary/aromatic N) is 1. The number of nitrogens with one attached hydrogen (secondary N) is 1. The fraction of sp³-hybridized carbons (Fsp3) is 0.300. The summed E-state index contributed by atoms with van der Waals surface area (Å²) in [5.41, 5.74) is 7.13. The molecule has 2 aromatic rings. The van der Waals surface area contributed by atoms with Gasteiger partial charge in [-0.1, -0.05) is 24.3 Å². The summed E-state index contributed by atoms with van der Waals surface area (Å²) in [6, 6.07) is 13.2. The van der Waals surface area contributed by atoms with E-state index < -0.39 is 5.91 Å². The quantitative estimate of drug-likeness (QED) is 0.866. The predicted molar refractivity (Wildman–Crippen MR) is 98.0 cm³/mol. The number of para-hydroxylation sites is 1. The lowest BCUT2D eigenvalue weighted by atomic mass is 9.96. The zero-order valence-electron chi connectivity index (χ0n) is 14.5. The van der Waals surface area contributed by atoms with E-state index in [4.69, 9.17) is 5.73 Å². The molecule has 0 radical (unpaired) electrons. The molecule has 26 heavy (non-hydrogen) atoms. The molecule has 1 heterocycles. The second-order valence-electron chi connectivity index (χ2n) is 6.60. The number of anilines is 1. The van der Waals surface area contributed by atoms with E-state index in [0.29, 0.717) is 24.3 Å². The number of nitrogens with two attached hydrogens (primary N) is 1. The molecule has 3 rings (SSSR count). The number of likely N-dealkylation sites (tertiary alicyclic amines) is 1. The van der Waals surface area contributed by atoms with Crippen molar-refractivity contribution in [2.75, 3.05) is 18.4 Å². The van der Waals surface area contributed by atoms with Gasteiger partial charge in [-0.15, -0.1) is 0 Å². The molecule has 0 spiro atoms. The molecule has 2 aromatic carbocycles. The first-order valence-corrected chi connectivity index (χ1v) is 8.69. The van der Waals surface area contributed by atoms with E-state index in [1.54, 1.807) is 36.4 Å². The van der Waals surface area contributed by atoms with Crippen LogP contribution in [0.15, 0.2) is 48.5 Å². The molecule has 1 aliphatic heterocycles. The Morgan fingerprint density at radius 2 is 1.88 bits per heavy atom. The minimum atomic E-state index is -0.567. The third-order valence-corrected chi connectivity index (χ3v) is 4.65. The highest BCUT2D eigenvalue weighted by atomic mass is 19.1. The lowest BCUT2D eigenvalue weighted by molar-refractivity contribution is -0.121. The van der Waals surface area contributed by atoms with E-state index in [2.05, 4.69) is 10.2 Å². The first-order chi connectivity index (χ1) is 12.5. The normalized spacial score (nSPS) is 17.7. The molecular weight excluding hydrogens is 333 g/mol. The van der Waals surface area contributed by atoms with Crippen LogP contribution in [0.25, 0.3) is 0 Å². The summed E-state index contributed by atoms with van der Waals surface area (Å²) in [5, 5.41) is 2.84. The summed E-state index contributed by atoms with van der Waals surface area (Å²) in [7, 11) is 0. The highest BCUT2D eigenvalue weighted by Crippen LogP contribution is 2.22. The molecule has 1 atom stereocenters. The third-order valence-electron chi connectivity index (χ3n) is 4.65. The van der Waals surface area contributed by atoms with Crippen LogP contribution in [-0.2, 0) is 11.3 Å². The van der Waals surface area contributed by atoms with Crippen molar-refractivity contribution in [3.63, 3.8) is 0 Å². The molecule has 6 heteroatoms. The minimum absolute atomic E-state index is 0.109. The van der Waals surface area contributed by atoms with Crippen molar-refractivity contribution in [2.24, 2.45) is 11.7 Å². The Morgan fingerprint density at radius 1 is 1.15 bits per heavy atom. The van der Waals surface area contributed by atoms with Crippen molar-refractivity contribution < 1.29 is 14.0 Å². The van der Waals surface area contributed by atoms with Gasteiger partial charge in [-0.2, -0.15) is 0 Å². The first kappa shape index (κ1) is 18.1. The number of rotatable bonds is 5. The smallest absolute Gasteiger partial charge is 0.250 e. The van der Waals surface area contributed by atoms with Crippen molar-refractivity contribution in [1.29, 1.82) is 0 Å². The van der Waals surface area contributed by atoms with Gasteiger partial charge >= 0.3 is 0 Å². The Labute approximate surface area is 152 Å². The number of hydrogen-bond donors (Lipinski definition) is 2. The molecule has 1 aliphatic rings. The number of halogens is 1. The summed E-state index contributed by atoms with van der Waals surface area (Å²) in [6.07, 6.45) is 1.71. The SMILES string of the molecule is NC(=O)c1ccccc1NC(=O)[C@@H]1CCCN(Cc2ccc(F)cc2)C1. The van der Waals surface area contributed by atoms with Gasteiger partial charge in [0, 0.05) is 13.1 Å². The van der Waals surface area contributed by atoms with Crippen LogP contribution in [0.5, 0.6) is 0 Å². The van der Waals surface area contributed by atoms with Gasteiger partial charge in [0.05, 0.1) is 17.2 Å². The highest BCUT2D eigenvalue weighted by Gasteiger charge is 2.26. The van der Waals surface area contributed by atoms with E-state index in [0.717, 1.165) is 24.9 Å². The van der Waals surface area contributed by atoms with Gasteiger partial charge in [0.2, 0.25) is 5.91 Å². The Hall–Kier alpha value is -2.73. The lowest BCUT2D eigenvalue weighted by Crippen LogP contribution is -2.40. The van der Waals surface area contributed by atoms with E-state index >= 15 is 0 Å². The van der Waals surface area contributed by atoms with E-state index in [1.165, 1.54) is 12.1 Å². The molecule has 3 N–H and O–H groups in total. The largest absolute Gasteiger partial charge is 0.366 e. The van der Waals surface area contributed by atoms with Crippen LogP contribution in [0.1, 0.15) is 28.8 Å². The molecule has 0 aromatic heterocycles. The summed E-state index contributed by atoms with van der Waals surface area (Å²) in [5.74, 6) is -1.09. The van der Waals surface area contributed by atoms with Gasteiger partial charge in [-0.3, -0.25) is 14.5 Å². The monoisotopic (exact) mass is 355 g/mol. The fourth-order valence-electron chi connectivity index (χ4n) is 3.30. The number of primary amides is 1. The predicted octanol–water partition coefficient (Wildman–Crippen LogP) is 2.78. The summed E-state index contributed by atoms with van der Waals surface area (Å²) in [4.78, 5) is 26.3. The second-order valence-corrected chi connectivity index (χ2v) is 6.60. The Morgan fingerprint density at radius 3 is 2.62 bits per heavy atom. The Kier molecular flexibility index (Phi) is 5.63. The Bertz CT molecular complexity index is 792. The number of benzene rings is 2. The first-order valence-electron chi connectivity index (χ1n) is 8.69. The number of carbonyl (C=O) groups excluding carboxylic acids is 2. The molecule has 1 fully saturated rings. The standard InChI is InChI=1S/C20H22FN3O2/c21-16-9-7-14(8-10-16)12-24-11-3-4-15(13-24)20(26)23-18-6-2-1-5-17(18)19(22)25/h1-2,5-10,15H,3-4,11-13H2,(H2,22,25)(H,23,26)/t15-/m1/s1. The topological polar surface area (TPSA) is 75.4 Å². The molecular formula is C20H22FN3O2. The van der Waals surface area contributed by atoms with Crippen molar-refractivity contribution >= 4 is 17.5 Å². The zero-order valence-corrected chi connectivity index (χ0v) is 14.5. The third kappa shape index (κ3) is 4.46. The van der Waals surface area contributed by atoms with Gasteiger partial charge in [0.15, 0.2) is 0 Å². The van der Waals surface area contributed by atoms with Crippen molar-refractivity contribution in [3.05, 3.63) is 65.5 Å². The number of amides is 2. The van der Waals surface area contributed by atoms with Crippen molar-refractivity contribution in [2.45, 2.75) is 19.4 Å². The maximum Gasteiger partial charge on any atom is 0.250 e.